The summed E-state index contributed by atoms with van der Waals surface area (Å²) in [6, 6.07) is 8.02. The molecule has 3 rings (SSSR count). The number of halogens is 3. The maximum atomic E-state index is 13.9. The SMILES string of the molecule is CC(C)(C)Oc1ccc2cccc([C@H](N3CCC(=O)N3)C(F)(F)F)c2c1. The number of ether oxygens (including phenoxy) is 1. The molecule has 1 aliphatic rings. The molecule has 0 aliphatic carbocycles. The number of carbonyl (C=O) groups is 1. The third-order valence-corrected chi connectivity index (χ3v) is 4.08. The van der Waals surface area contributed by atoms with Crippen LogP contribution >= 0.6 is 0 Å². The molecule has 0 bridgehead atoms. The Bertz CT molecular complexity index is 828. The van der Waals surface area contributed by atoms with Gasteiger partial charge in [-0.3, -0.25) is 10.2 Å². The Kier molecular flexibility index (Phi) is 4.60. The van der Waals surface area contributed by atoms with Gasteiger partial charge in [0.05, 0.1) is 0 Å². The smallest absolute Gasteiger partial charge is 0.409 e. The lowest BCUT2D eigenvalue weighted by Gasteiger charge is -2.30. The number of amides is 1. The van der Waals surface area contributed by atoms with Gasteiger partial charge in [0.25, 0.3) is 0 Å². The van der Waals surface area contributed by atoms with Crippen LogP contribution in [0.1, 0.15) is 38.8 Å². The zero-order valence-electron chi connectivity index (χ0n) is 14.9. The largest absolute Gasteiger partial charge is 0.488 e. The fourth-order valence-corrected chi connectivity index (χ4v) is 3.14. The Labute approximate surface area is 149 Å². The maximum Gasteiger partial charge on any atom is 0.409 e. The molecule has 1 amide bonds. The molecule has 1 atom stereocenters. The van der Waals surface area contributed by atoms with Crippen LogP contribution in [0.15, 0.2) is 36.4 Å². The Hall–Kier alpha value is -2.28. The van der Waals surface area contributed by atoms with Crippen molar-refractivity contribution < 1.29 is 22.7 Å². The van der Waals surface area contributed by atoms with E-state index in [-0.39, 0.29) is 18.5 Å². The van der Waals surface area contributed by atoms with E-state index < -0.39 is 23.7 Å². The molecular weight excluding hydrogens is 345 g/mol. The molecule has 1 N–H and O–H groups in total. The summed E-state index contributed by atoms with van der Waals surface area (Å²) in [6.07, 6.45) is -4.48. The minimum Gasteiger partial charge on any atom is -0.488 e. The van der Waals surface area contributed by atoms with Gasteiger partial charge in [0.15, 0.2) is 6.04 Å². The Morgan fingerprint density at radius 2 is 1.88 bits per heavy atom. The van der Waals surface area contributed by atoms with Crippen LogP contribution in [0.2, 0.25) is 0 Å². The molecule has 26 heavy (non-hydrogen) atoms. The monoisotopic (exact) mass is 366 g/mol. The van der Waals surface area contributed by atoms with Crippen molar-refractivity contribution in [2.24, 2.45) is 0 Å². The van der Waals surface area contributed by atoms with E-state index in [4.69, 9.17) is 4.74 Å². The lowest BCUT2D eigenvalue weighted by molar-refractivity contribution is -0.190. The highest BCUT2D eigenvalue weighted by Gasteiger charge is 2.47. The summed E-state index contributed by atoms with van der Waals surface area (Å²) in [4.78, 5) is 11.5. The first kappa shape index (κ1) is 18.5. The van der Waals surface area contributed by atoms with E-state index in [1.54, 1.807) is 30.3 Å². The molecular formula is C19H21F3N2O2. The molecule has 7 heteroatoms. The van der Waals surface area contributed by atoms with Gasteiger partial charge in [0, 0.05) is 13.0 Å². The molecule has 0 saturated carbocycles. The van der Waals surface area contributed by atoms with E-state index in [0.717, 1.165) is 5.01 Å². The van der Waals surface area contributed by atoms with Crippen molar-refractivity contribution >= 4 is 16.7 Å². The van der Waals surface area contributed by atoms with Gasteiger partial charge in [-0.15, -0.1) is 0 Å². The predicted octanol–water partition coefficient (Wildman–Crippen LogP) is 4.36. The Morgan fingerprint density at radius 3 is 2.46 bits per heavy atom. The van der Waals surface area contributed by atoms with E-state index in [1.807, 2.05) is 20.8 Å². The fraction of sp³-hybridized carbons (Fsp3) is 0.421. The second-order valence-electron chi connectivity index (χ2n) is 7.37. The van der Waals surface area contributed by atoms with Crippen molar-refractivity contribution in [2.75, 3.05) is 6.54 Å². The standard InChI is InChI=1S/C19H21F3N2O2/c1-18(2,3)26-13-8-7-12-5-4-6-14(15(12)11-13)17(19(20,21)22)24-10-9-16(25)23-24/h4-8,11,17H,9-10H2,1-3H3,(H,23,25)/t17-/m0/s1. The number of nitrogens with zero attached hydrogens (tertiary/aromatic N) is 1. The number of benzene rings is 2. The number of hydrogen-bond acceptors (Lipinski definition) is 3. The van der Waals surface area contributed by atoms with E-state index in [1.165, 1.54) is 6.07 Å². The number of nitrogens with one attached hydrogen (secondary N) is 1. The first-order valence-electron chi connectivity index (χ1n) is 8.39. The topological polar surface area (TPSA) is 41.6 Å². The third-order valence-electron chi connectivity index (χ3n) is 4.08. The van der Waals surface area contributed by atoms with E-state index in [2.05, 4.69) is 5.43 Å². The van der Waals surface area contributed by atoms with Crippen LogP contribution < -0.4 is 10.2 Å². The molecule has 0 spiro atoms. The molecule has 1 heterocycles. The maximum absolute atomic E-state index is 13.9. The van der Waals surface area contributed by atoms with Crippen molar-refractivity contribution in [3.05, 3.63) is 42.0 Å². The number of fused-ring (bicyclic) bond motifs is 1. The van der Waals surface area contributed by atoms with Gasteiger partial charge in [-0.25, -0.2) is 5.01 Å². The summed E-state index contributed by atoms with van der Waals surface area (Å²) in [6.45, 7) is 5.64. The Morgan fingerprint density at radius 1 is 1.15 bits per heavy atom. The van der Waals surface area contributed by atoms with Gasteiger partial charge in [0.2, 0.25) is 5.91 Å². The summed E-state index contributed by atoms with van der Waals surface area (Å²) in [5.74, 6) is 0.0973. The summed E-state index contributed by atoms with van der Waals surface area (Å²) in [5.41, 5.74) is 1.95. The van der Waals surface area contributed by atoms with Crippen molar-refractivity contribution in [2.45, 2.75) is 45.0 Å². The van der Waals surface area contributed by atoms with Gasteiger partial charge in [0.1, 0.15) is 11.4 Å². The zero-order valence-corrected chi connectivity index (χ0v) is 14.9. The second kappa shape index (κ2) is 6.46. The number of carbonyl (C=O) groups excluding carboxylic acids is 1. The van der Waals surface area contributed by atoms with Gasteiger partial charge in [-0.05, 0) is 49.2 Å². The molecule has 2 aromatic rings. The molecule has 140 valence electrons. The van der Waals surface area contributed by atoms with E-state index in [0.29, 0.717) is 16.5 Å². The highest BCUT2D eigenvalue weighted by atomic mass is 19.4. The minimum atomic E-state index is -4.53. The first-order chi connectivity index (χ1) is 12.0. The average Bonchev–Trinajstić information content (AvgIpc) is 2.91. The van der Waals surface area contributed by atoms with Crippen LogP contribution in [-0.4, -0.2) is 29.2 Å². The third kappa shape index (κ3) is 3.93. The molecule has 0 aromatic heterocycles. The normalized spacial score (nSPS) is 17.4. The van der Waals surface area contributed by atoms with E-state index >= 15 is 0 Å². The van der Waals surface area contributed by atoms with Gasteiger partial charge >= 0.3 is 6.18 Å². The van der Waals surface area contributed by atoms with Crippen LogP contribution in [0.5, 0.6) is 5.75 Å². The molecule has 4 nitrogen and oxygen atoms in total. The number of rotatable bonds is 3. The minimum absolute atomic E-state index is 0.0115. The summed E-state index contributed by atoms with van der Waals surface area (Å²) in [7, 11) is 0. The zero-order chi connectivity index (χ0) is 19.1. The van der Waals surface area contributed by atoms with Crippen molar-refractivity contribution in [1.82, 2.24) is 10.4 Å². The summed E-state index contributed by atoms with van der Waals surface area (Å²) in [5, 5.41) is 2.11. The number of hydrogen-bond donors (Lipinski definition) is 1. The molecule has 0 radical (unpaired) electrons. The average molecular weight is 366 g/mol. The van der Waals surface area contributed by atoms with Crippen LogP contribution in [0.4, 0.5) is 13.2 Å². The molecule has 1 aliphatic heterocycles. The summed E-state index contributed by atoms with van der Waals surface area (Å²) < 4.78 is 47.4. The Balaban J connectivity index is 2.11. The lowest BCUT2D eigenvalue weighted by atomic mass is 9.97. The summed E-state index contributed by atoms with van der Waals surface area (Å²) >= 11 is 0. The first-order valence-corrected chi connectivity index (χ1v) is 8.39. The predicted molar refractivity (Wildman–Crippen MR) is 92.6 cm³/mol. The highest BCUT2D eigenvalue weighted by molar-refractivity contribution is 5.87. The molecule has 1 saturated heterocycles. The fourth-order valence-electron chi connectivity index (χ4n) is 3.14. The van der Waals surface area contributed by atoms with Crippen LogP contribution in [-0.2, 0) is 4.79 Å². The van der Waals surface area contributed by atoms with Crippen molar-refractivity contribution in [1.29, 1.82) is 0 Å². The number of hydrazine groups is 1. The molecule has 1 fully saturated rings. The second-order valence-corrected chi connectivity index (χ2v) is 7.37. The van der Waals surface area contributed by atoms with Crippen molar-refractivity contribution in [3.63, 3.8) is 0 Å². The van der Waals surface area contributed by atoms with Gasteiger partial charge in [-0.1, -0.05) is 24.3 Å². The quantitative estimate of drug-likeness (QED) is 0.878. The van der Waals surface area contributed by atoms with Crippen LogP contribution in [0, 0.1) is 0 Å². The van der Waals surface area contributed by atoms with Gasteiger partial charge in [-0.2, -0.15) is 13.2 Å². The number of alkyl halides is 3. The van der Waals surface area contributed by atoms with Crippen molar-refractivity contribution in [3.8, 4) is 5.75 Å². The van der Waals surface area contributed by atoms with E-state index in [9.17, 15) is 18.0 Å². The lowest BCUT2D eigenvalue weighted by Crippen LogP contribution is -2.43. The van der Waals surface area contributed by atoms with Crippen LogP contribution in [0.3, 0.4) is 0 Å². The van der Waals surface area contributed by atoms with Crippen LogP contribution in [0.25, 0.3) is 10.8 Å². The van der Waals surface area contributed by atoms with Gasteiger partial charge < -0.3 is 4.74 Å². The molecule has 0 unspecified atom stereocenters. The molecule has 2 aromatic carbocycles. The highest BCUT2D eigenvalue weighted by Crippen LogP contribution is 2.41.